The molecule has 3 heteroatoms. The first-order valence-electron chi connectivity index (χ1n) is 13.3. The Labute approximate surface area is 203 Å². The number of fused-ring (bicyclic) bond motifs is 1. The summed E-state index contributed by atoms with van der Waals surface area (Å²) in [7, 11) is 6.88. The molecule has 0 saturated heterocycles. The van der Waals surface area contributed by atoms with Crippen molar-refractivity contribution in [1.29, 1.82) is 0 Å². The van der Waals surface area contributed by atoms with Crippen LogP contribution in [0.1, 0.15) is 107 Å². The molecule has 2 aromatic carbocycles. The number of rotatable bonds is 16. The average molecular weight is 456 g/mol. The number of hydrogen-bond acceptors (Lipinski definition) is 2. The van der Waals surface area contributed by atoms with Gasteiger partial charge < -0.3 is 14.4 Å². The number of unbranched alkanes of at least 4 members (excludes halogenated alkanes) is 13. The van der Waals surface area contributed by atoms with Crippen molar-refractivity contribution in [2.45, 2.75) is 96.8 Å². The summed E-state index contributed by atoms with van der Waals surface area (Å²) in [5.74, 6) is -1.13. The van der Waals surface area contributed by atoms with Crippen molar-refractivity contribution < 1.29 is 14.4 Å². The van der Waals surface area contributed by atoms with E-state index in [2.05, 4.69) is 28.1 Å². The average Bonchev–Trinajstić information content (AvgIpc) is 2.78. The third-order valence-electron chi connectivity index (χ3n) is 6.19. The number of hydrogen-bond donors (Lipinski definition) is 0. The lowest BCUT2D eigenvalue weighted by atomic mass is 10.0. The first kappa shape index (κ1) is 29.2. The summed E-state index contributed by atoms with van der Waals surface area (Å²) in [5.41, 5.74) is 0.248. The highest BCUT2D eigenvalue weighted by atomic mass is 16.4. The monoisotopic (exact) mass is 455 g/mol. The predicted octanol–water partition coefficient (Wildman–Crippen LogP) is 7.38. The fourth-order valence-electron chi connectivity index (χ4n) is 4.18. The van der Waals surface area contributed by atoms with Crippen LogP contribution in [0, 0.1) is 0 Å². The van der Waals surface area contributed by atoms with Crippen LogP contribution in [-0.4, -0.2) is 38.1 Å². The number of carbonyl (C=O) groups is 1. The number of benzene rings is 2. The zero-order valence-electron chi connectivity index (χ0n) is 21.9. The molecule has 0 aliphatic carbocycles. The van der Waals surface area contributed by atoms with E-state index in [1.165, 1.54) is 96.4 Å². The lowest BCUT2D eigenvalue weighted by Gasteiger charge is -2.23. The Morgan fingerprint density at radius 3 is 1.61 bits per heavy atom. The highest BCUT2D eigenvalue weighted by Crippen LogP contribution is 2.17. The zero-order chi connectivity index (χ0) is 24.4. The molecule has 0 bridgehead atoms. The quantitative estimate of drug-likeness (QED) is 0.196. The zero-order valence-corrected chi connectivity index (χ0v) is 21.9. The number of nitrogens with zero attached hydrogens (tertiary/aromatic N) is 1. The molecule has 0 radical (unpaired) electrons. The van der Waals surface area contributed by atoms with Gasteiger partial charge >= 0.3 is 0 Å². The molecular formula is C30H49NO2. The molecule has 0 fully saturated rings. The number of carboxylic acid groups (broad SMARTS) is 1. The van der Waals surface area contributed by atoms with Crippen LogP contribution < -0.4 is 5.11 Å². The highest BCUT2D eigenvalue weighted by molar-refractivity contribution is 6.02. The Balaban J connectivity index is 0.000000357. The standard InChI is InChI=1S/C19H42N.C11H8O2/c1-5-6-7-8-9-10-11-12-13-14-15-16-17-18-19-20(2,3)4;12-11(13)10-7-3-5-8-4-1-2-6-9(8)10/h5-19H2,1-4H3;1-7H,(H,12,13)/q+1;/p-1. The third kappa shape index (κ3) is 14.8. The molecule has 0 amide bonds. The van der Waals surface area contributed by atoms with Crippen LogP contribution in [0.2, 0.25) is 0 Å². The first-order valence-corrected chi connectivity index (χ1v) is 13.3. The van der Waals surface area contributed by atoms with Crippen LogP contribution in [0.15, 0.2) is 42.5 Å². The number of quaternary nitrogens is 1. The molecule has 0 heterocycles. The van der Waals surface area contributed by atoms with Crippen LogP contribution in [0.5, 0.6) is 0 Å². The van der Waals surface area contributed by atoms with Gasteiger partial charge in [0.05, 0.1) is 33.7 Å². The molecule has 0 aliphatic rings. The van der Waals surface area contributed by atoms with Crippen molar-refractivity contribution in [1.82, 2.24) is 0 Å². The van der Waals surface area contributed by atoms with Gasteiger partial charge in [-0.2, -0.15) is 0 Å². The maximum absolute atomic E-state index is 10.7. The first-order chi connectivity index (χ1) is 15.8. The minimum atomic E-state index is -1.13. The number of aromatic carboxylic acids is 1. The summed E-state index contributed by atoms with van der Waals surface area (Å²) < 4.78 is 1.12. The van der Waals surface area contributed by atoms with Gasteiger partial charge in [-0.15, -0.1) is 0 Å². The van der Waals surface area contributed by atoms with E-state index in [0.29, 0.717) is 0 Å². The predicted molar refractivity (Wildman–Crippen MR) is 141 cm³/mol. The second-order valence-electron chi connectivity index (χ2n) is 10.4. The van der Waals surface area contributed by atoms with Crippen molar-refractivity contribution in [3.63, 3.8) is 0 Å². The number of carboxylic acids is 1. The Morgan fingerprint density at radius 2 is 1.12 bits per heavy atom. The number of carbonyl (C=O) groups excluding carboxylic acids is 1. The summed E-state index contributed by atoms with van der Waals surface area (Å²) in [6.07, 6.45) is 20.4. The molecule has 0 N–H and O–H groups in total. The van der Waals surface area contributed by atoms with Gasteiger partial charge in [0.2, 0.25) is 0 Å². The van der Waals surface area contributed by atoms with Gasteiger partial charge in [-0.1, -0.05) is 126 Å². The molecule has 2 aromatic rings. The van der Waals surface area contributed by atoms with Gasteiger partial charge in [0, 0.05) is 5.56 Å². The Kier molecular flexibility index (Phi) is 15.5. The van der Waals surface area contributed by atoms with Crippen molar-refractivity contribution in [2.75, 3.05) is 27.7 Å². The molecule has 3 nitrogen and oxygen atoms in total. The van der Waals surface area contributed by atoms with Crippen LogP contribution in [-0.2, 0) is 0 Å². The maximum atomic E-state index is 10.7. The fraction of sp³-hybridized carbons (Fsp3) is 0.633. The second kappa shape index (κ2) is 17.6. The van der Waals surface area contributed by atoms with Gasteiger partial charge in [-0.25, -0.2) is 0 Å². The van der Waals surface area contributed by atoms with E-state index in [9.17, 15) is 9.90 Å². The molecule has 0 unspecified atom stereocenters. The summed E-state index contributed by atoms with van der Waals surface area (Å²) >= 11 is 0. The molecule has 33 heavy (non-hydrogen) atoms. The van der Waals surface area contributed by atoms with E-state index in [0.717, 1.165) is 15.3 Å². The van der Waals surface area contributed by atoms with E-state index in [1.54, 1.807) is 18.2 Å². The van der Waals surface area contributed by atoms with Crippen molar-refractivity contribution in [3.05, 3.63) is 48.0 Å². The minimum Gasteiger partial charge on any atom is -0.545 e. The molecule has 0 saturated carbocycles. The molecule has 0 aromatic heterocycles. The Bertz CT molecular complexity index is 758. The van der Waals surface area contributed by atoms with Crippen LogP contribution in [0.3, 0.4) is 0 Å². The fourth-order valence-corrected chi connectivity index (χ4v) is 4.18. The van der Waals surface area contributed by atoms with Gasteiger partial charge in [-0.05, 0) is 23.6 Å². The van der Waals surface area contributed by atoms with Crippen LogP contribution in [0.4, 0.5) is 0 Å². The lowest BCUT2D eigenvalue weighted by Crippen LogP contribution is -2.35. The van der Waals surface area contributed by atoms with E-state index in [4.69, 9.17) is 0 Å². The van der Waals surface area contributed by atoms with Gasteiger partial charge in [-0.3, -0.25) is 0 Å². The molecule has 0 aliphatic heterocycles. The largest absolute Gasteiger partial charge is 0.545 e. The summed E-state index contributed by atoms with van der Waals surface area (Å²) in [4.78, 5) is 10.7. The summed E-state index contributed by atoms with van der Waals surface area (Å²) in [6, 6.07) is 12.5. The lowest BCUT2D eigenvalue weighted by molar-refractivity contribution is -0.870. The smallest absolute Gasteiger partial charge is 0.0780 e. The van der Waals surface area contributed by atoms with Gasteiger partial charge in [0.1, 0.15) is 0 Å². The Hall–Kier alpha value is -1.87. The molecule has 2 rings (SSSR count). The van der Waals surface area contributed by atoms with Crippen molar-refractivity contribution in [3.8, 4) is 0 Å². The summed E-state index contributed by atoms with van der Waals surface area (Å²) in [5, 5.41) is 12.4. The van der Waals surface area contributed by atoms with Crippen LogP contribution in [0.25, 0.3) is 10.8 Å². The Morgan fingerprint density at radius 1 is 0.667 bits per heavy atom. The maximum Gasteiger partial charge on any atom is 0.0780 e. The molecular weight excluding hydrogens is 406 g/mol. The molecule has 0 spiro atoms. The summed E-state index contributed by atoms with van der Waals surface area (Å²) in [6.45, 7) is 3.63. The van der Waals surface area contributed by atoms with E-state index >= 15 is 0 Å². The van der Waals surface area contributed by atoms with Crippen molar-refractivity contribution >= 4 is 16.7 Å². The van der Waals surface area contributed by atoms with Gasteiger partial charge in [0.15, 0.2) is 0 Å². The minimum absolute atomic E-state index is 0.248. The van der Waals surface area contributed by atoms with E-state index in [1.807, 2.05) is 24.3 Å². The van der Waals surface area contributed by atoms with Gasteiger partial charge in [0.25, 0.3) is 0 Å². The molecule has 186 valence electrons. The van der Waals surface area contributed by atoms with Crippen LogP contribution >= 0.6 is 0 Å². The van der Waals surface area contributed by atoms with E-state index in [-0.39, 0.29) is 5.56 Å². The van der Waals surface area contributed by atoms with E-state index < -0.39 is 5.97 Å². The highest BCUT2D eigenvalue weighted by Gasteiger charge is 2.05. The second-order valence-corrected chi connectivity index (χ2v) is 10.4. The van der Waals surface area contributed by atoms with Crippen molar-refractivity contribution in [2.24, 2.45) is 0 Å². The molecule has 0 atom stereocenters. The topological polar surface area (TPSA) is 40.1 Å². The third-order valence-corrected chi connectivity index (χ3v) is 6.19. The normalized spacial score (nSPS) is 11.3. The SMILES string of the molecule is CCCCCCCCCCCCCCCC[N+](C)(C)C.O=C([O-])c1cccc2ccccc12.